The van der Waals surface area contributed by atoms with Crippen molar-refractivity contribution in [1.82, 2.24) is 4.31 Å². The van der Waals surface area contributed by atoms with Gasteiger partial charge in [0.15, 0.2) is 0 Å². The lowest BCUT2D eigenvalue weighted by Crippen LogP contribution is -2.41. The highest BCUT2D eigenvalue weighted by Gasteiger charge is 2.29. The Hall–Kier alpha value is -1.11. The molecule has 1 fully saturated rings. The Labute approximate surface area is 113 Å². The van der Waals surface area contributed by atoms with Gasteiger partial charge in [-0.2, -0.15) is 4.31 Å². The van der Waals surface area contributed by atoms with Crippen LogP contribution in [0.5, 0.6) is 0 Å². The van der Waals surface area contributed by atoms with Gasteiger partial charge in [0.05, 0.1) is 18.1 Å². The summed E-state index contributed by atoms with van der Waals surface area (Å²) in [5.74, 6) is 0. The molecule has 0 saturated carbocycles. The first-order valence-corrected chi connectivity index (χ1v) is 8.07. The summed E-state index contributed by atoms with van der Waals surface area (Å²) in [6.07, 6.45) is 1.80. The number of anilines is 1. The monoisotopic (exact) mass is 282 g/mol. The average Bonchev–Trinajstić information content (AvgIpc) is 2.47. The van der Waals surface area contributed by atoms with E-state index in [1.165, 1.54) is 4.31 Å². The van der Waals surface area contributed by atoms with Gasteiger partial charge in [0.1, 0.15) is 0 Å². The number of sulfonamides is 1. The summed E-state index contributed by atoms with van der Waals surface area (Å²) in [4.78, 5) is 0.458. The van der Waals surface area contributed by atoms with Crippen molar-refractivity contribution in [2.24, 2.45) is 0 Å². The van der Waals surface area contributed by atoms with E-state index in [9.17, 15) is 8.42 Å². The minimum absolute atomic E-state index is 0.444. The maximum atomic E-state index is 12.7. The molecule has 0 atom stereocenters. The molecular formula is C13H18N2O3S. The lowest BCUT2D eigenvalue weighted by atomic mass is 10.0. The molecular weight excluding hydrogens is 264 g/mol. The van der Waals surface area contributed by atoms with Crippen LogP contribution in [0.2, 0.25) is 0 Å². The lowest BCUT2D eigenvalue weighted by Gasteiger charge is -2.28. The Kier molecular flexibility index (Phi) is 3.47. The normalized spacial score (nSPS) is 20.6. The van der Waals surface area contributed by atoms with E-state index in [0.29, 0.717) is 31.2 Å². The van der Waals surface area contributed by atoms with Crippen LogP contribution >= 0.6 is 0 Å². The van der Waals surface area contributed by atoms with Gasteiger partial charge in [-0.15, -0.1) is 0 Å². The fraction of sp³-hybridized carbons (Fsp3) is 0.538. The quantitative estimate of drug-likeness (QED) is 0.881. The first-order valence-electron chi connectivity index (χ1n) is 6.63. The summed E-state index contributed by atoms with van der Waals surface area (Å²) in [6, 6.07) is 5.48. The minimum atomic E-state index is -3.39. The summed E-state index contributed by atoms with van der Waals surface area (Å²) in [5.41, 5.74) is 1.89. The average molecular weight is 282 g/mol. The van der Waals surface area contributed by atoms with Crippen LogP contribution in [0.4, 0.5) is 5.69 Å². The van der Waals surface area contributed by atoms with Crippen LogP contribution in [0.25, 0.3) is 0 Å². The number of benzene rings is 1. The molecule has 6 heteroatoms. The largest absolute Gasteiger partial charge is 0.385 e. The van der Waals surface area contributed by atoms with Crippen molar-refractivity contribution >= 4 is 15.7 Å². The Morgan fingerprint density at radius 3 is 2.79 bits per heavy atom. The van der Waals surface area contributed by atoms with Crippen molar-refractivity contribution in [2.75, 3.05) is 38.2 Å². The van der Waals surface area contributed by atoms with Gasteiger partial charge in [0, 0.05) is 25.3 Å². The molecule has 0 radical (unpaired) electrons. The molecule has 19 heavy (non-hydrogen) atoms. The van der Waals surface area contributed by atoms with E-state index in [4.69, 9.17) is 4.74 Å². The molecule has 1 saturated heterocycles. The number of nitrogens with one attached hydrogen (secondary N) is 1. The minimum Gasteiger partial charge on any atom is -0.385 e. The summed E-state index contributed by atoms with van der Waals surface area (Å²) in [5, 5.41) is 3.27. The van der Waals surface area contributed by atoms with Crippen LogP contribution in [0.15, 0.2) is 23.1 Å². The van der Waals surface area contributed by atoms with Crippen molar-refractivity contribution in [3.63, 3.8) is 0 Å². The van der Waals surface area contributed by atoms with Gasteiger partial charge in [-0.3, -0.25) is 0 Å². The van der Waals surface area contributed by atoms with E-state index in [-0.39, 0.29) is 0 Å². The van der Waals surface area contributed by atoms with Gasteiger partial charge in [0.2, 0.25) is 10.0 Å². The van der Waals surface area contributed by atoms with Gasteiger partial charge in [-0.1, -0.05) is 6.07 Å². The molecule has 2 heterocycles. The van der Waals surface area contributed by atoms with E-state index in [1.807, 2.05) is 12.1 Å². The van der Waals surface area contributed by atoms with Crippen LogP contribution in [0.3, 0.4) is 0 Å². The molecule has 0 aliphatic carbocycles. The molecule has 1 aromatic rings. The highest BCUT2D eigenvalue weighted by Crippen LogP contribution is 2.30. The lowest BCUT2D eigenvalue weighted by molar-refractivity contribution is 0.0730. The van der Waals surface area contributed by atoms with Gasteiger partial charge >= 0.3 is 0 Å². The van der Waals surface area contributed by atoms with Gasteiger partial charge in [-0.25, -0.2) is 8.42 Å². The van der Waals surface area contributed by atoms with E-state index < -0.39 is 10.0 Å². The Morgan fingerprint density at radius 1 is 1.21 bits per heavy atom. The predicted molar refractivity (Wildman–Crippen MR) is 72.8 cm³/mol. The smallest absolute Gasteiger partial charge is 0.243 e. The van der Waals surface area contributed by atoms with Gasteiger partial charge in [0.25, 0.3) is 0 Å². The molecule has 1 aromatic carbocycles. The molecule has 2 aliphatic rings. The summed E-state index contributed by atoms with van der Waals surface area (Å²) < 4.78 is 32.2. The topological polar surface area (TPSA) is 58.6 Å². The maximum Gasteiger partial charge on any atom is 0.243 e. The molecule has 0 bridgehead atoms. The molecule has 2 aliphatic heterocycles. The summed E-state index contributed by atoms with van der Waals surface area (Å²) >= 11 is 0. The summed E-state index contributed by atoms with van der Waals surface area (Å²) in [7, 11) is -3.39. The Bertz CT molecular complexity index is 565. The summed E-state index contributed by atoms with van der Waals surface area (Å²) in [6.45, 7) is 2.76. The highest BCUT2D eigenvalue weighted by molar-refractivity contribution is 7.89. The fourth-order valence-corrected chi connectivity index (χ4v) is 4.33. The molecule has 0 spiro atoms. The van der Waals surface area contributed by atoms with Crippen LogP contribution in [-0.2, 0) is 21.2 Å². The Balaban J connectivity index is 2.01. The molecule has 0 unspecified atom stereocenters. The number of rotatable bonds is 2. The Morgan fingerprint density at radius 2 is 2.00 bits per heavy atom. The second-order valence-corrected chi connectivity index (χ2v) is 6.74. The first kappa shape index (κ1) is 12.9. The number of morpholine rings is 1. The van der Waals surface area contributed by atoms with Crippen molar-refractivity contribution in [3.05, 3.63) is 23.8 Å². The molecule has 5 nitrogen and oxygen atoms in total. The van der Waals surface area contributed by atoms with E-state index in [2.05, 4.69) is 5.32 Å². The van der Waals surface area contributed by atoms with Crippen molar-refractivity contribution in [3.8, 4) is 0 Å². The van der Waals surface area contributed by atoms with Gasteiger partial charge < -0.3 is 10.1 Å². The number of hydrogen-bond donors (Lipinski definition) is 1. The third-order valence-electron chi connectivity index (χ3n) is 3.64. The zero-order chi connectivity index (χ0) is 13.3. The highest BCUT2D eigenvalue weighted by atomic mass is 32.2. The zero-order valence-corrected chi connectivity index (χ0v) is 11.6. The molecule has 1 N–H and O–H groups in total. The van der Waals surface area contributed by atoms with Crippen LogP contribution < -0.4 is 5.32 Å². The van der Waals surface area contributed by atoms with E-state index in [0.717, 1.165) is 30.6 Å². The predicted octanol–water partition coefficient (Wildman–Crippen LogP) is 1.07. The second-order valence-electron chi connectivity index (χ2n) is 4.83. The maximum absolute atomic E-state index is 12.7. The van der Waals surface area contributed by atoms with Crippen molar-refractivity contribution in [2.45, 2.75) is 17.7 Å². The molecule has 0 amide bonds. The third kappa shape index (κ3) is 2.35. The molecule has 3 rings (SSSR count). The third-order valence-corrected chi connectivity index (χ3v) is 5.62. The fourth-order valence-electron chi connectivity index (χ4n) is 2.65. The second kappa shape index (κ2) is 5.11. The zero-order valence-electron chi connectivity index (χ0n) is 10.8. The van der Waals surface area contributed by atoms with Crippen molar-refractivity contribution in [1.29, 1.82) is 0 Å². The number of fused-ring (bicyclic) bond motifs is 1. The number of nitrogens with zero attached hydrogens (tertiary/aromatic N) is 1. The standard InChI is InChI=1S/C13H18N2O3S/c16-19(17,15-7-9-18-10-8-15)13-5-1-4-12-11(13)3-2-6-14-12/h1,4-5,14H,2-3,6-10H2. The molecule has 0 aromatic heterocycles. The van der Waals surface area contributed by atoms with E-state index >= 15 is 0 Å². The number of ether oxygens (including phenoxy) is 1. The molecule has 104 valence electrons. The van der Waals surface area contributed by atoms with Gasteiger partial charge in [-0.05, 0) is 30.5 Å². The number of hydrogen-bond acceptors (Lipinski definition) is 4. The van der Waals surface area contributed by atoms with E-state index in [1.54, 1.807) is 6.07 Å². The van der Waals surface area contributed by atoms with Crippen LogP contribution in [0, 0.1) is 0 Å². The van der Waals surface area contributed by atoms with Crippen LogP contribution in [0.1, 0.15) is 12.0 Å². The first-order chi connectivity index (χ1) is 9.19. The SMILES string of the molecule is O=S(=O)(c1cccc2c1CCCN2)N1CCOCC1. The van der Waals surface area contributed by atoms with Crippen molar-refractivity contribution < 1.29 is 13.2 Å². The van der Waals surface area contributed by atoms with Crippen LogP contribution in [-0.4, -0.2) is 45.6 Å².